The third-order valence-corrected chi connectivity index (χ3v) is 5.41. The zero-order valence-corrected chi connectivity index (χ0v) is 17.4. The molecule has 0 saturated carbocycles. The molecular formula is C23H23N3OS. The molecule has 0 aliphatic rings. The van der Waals surface area contributed by atoms with Gasteiger partial charge in [-0.2, -0.15) is 10.2 Å². The van der Waals surface area contributed by atoms with Crippen molar-refractivity contribution in [3.8, 4) is 17.7 Å². The third kappa shape index (κ3) is 4.90. The normalized spacial score (nSPS) is 10.7. The Kier molecular flexibility index (Phi) is 6.33. The largest absolute Gasteiger partial charge is 0.439 e. The fraction of sp³-hybridized carbons (Fsp3) is 0.261. The van der Waals surface area contributed by atoms with Crippen LogP contribution in [0.15, 0.2) is 53.7 Å². The Morgan fingerprint density at radius 2 is 1.86 bits per heavy atom. The van der Waals surface area contributed by atoms with E-state index in [0.29, 0.717) is 22.4 Å². The first-order chi connectivity index (χ1) is 13.5. The van der Waals surface area contributed by atoms with Crippen LogP contribution in [0.3, 0.4) is 0 Å². The summed E-state index contributed by atoms with van der Waals surface area (Å²) in [4.78, 5) is 9.28. The lowest BCUT2D eigenvalue weighted by Gasteiger charge is -2.13. The minimum Gasteiger partial charge on any atom is -0.439 e. The molecule has 0 amide bonds. The van der Waals surface area contributed by atoms with Crippen LogP contribution in [0.1, 0.15) is 47.7 Å². The van der Waals surface area contributed by atoms with Crippen LogP contribution in [-0.4, -0.2) is 9.97 Å². The standard InChI is InChI=1S/C23H23N3OS/c1-15(2)20-12-22(27-21-10-5-7-16(3)17(21)4)26-23(25-20)28-14-19-9-6-8-18(11-19)13-24/h5-12,15H,14H2,1-4H3. The number of aromatic nitrogens is 2. The molecule has 2 aromatic carbocycles. The highest BCUT2D eigenvalue weighted by Crippen LogP contribution is 2.30. The highest BCUT2D eigenvalue weighted by Gasteiger charge is 2.12. The van der Waals surface area contributed by atoms with E-state index in [9.17, 15) is 0 Å². The number of hydrogen-bond acceptors (Lipinski definition) is 5. The van der Waals surface area contributed by atoms with Crippen LogP contribution in [-0.2, 0) is 5.75 Å². The summed E-state index contributed by atoms with van der Waals surface area (Å²) in [5.41, 5.74) is 4.97. The van der Waals surface area contributed by atoms with E-state index in [0.717, 1.165) is 22.6 Å². The van der Waals surface area contributed by atoms with E-state index in [1.165, 1.54) is 5.56 Å². The van der Waals surface area contributed by atoms with Crippen molar-refractivity contribution in [3.63, 3.8) is 0 Å². The first-order valence-electron chi connectivity index (χ1n) is 9.21. The van der Waals surface area contributed by atoms with Crippen molar-refractivity contribution >= 4 is 11.8 Å². The molecule has 0 N–H and O–H groups in total. The van der Waals surface area contributed by atoms with E-state index in [1.807, 2.05) is 43.3 Å². The molecule has 1 aromatic heterocycles. The summed E-state index contributed by atoms with van der Waals surface area (Å²) in [5, 5.41) is 9.74. The molecule has 0 bridgehead atoms. The molecule has 0 spiro atoms. The van der Waals surface area contributed by atoms with Crippen LogP contribution in [0.4, 0.5) is 0 Å². The molecule has 0 unspecified atom stereocenters. The number of hydrogen-bond donors (Lipinski definition) is 0. The summed E-state index contributed by atoms with van der Waals surface area (Å²) in [6.07, 6.45) is 0. The molecule has 0 aliphatic carbocycles. The van der Waals surface area contributed by atoms with E-state index in [2.05, 4.69) is 42.9 Å². The van der Waals surface area contributed by atoms with E-state index in [4.69, 9.17) is 10.00 Å². The summed E-state index contributed by atoms with van der Waals surface area (Å²) in [6.45, 7) is 8.33. The second-order valence-corrected chi connectivity index (χ2v) is 7.91. The van der Waals surface area contributed by atoms with Crippen LogP contribution in [0.25, 0.3) is 0 Å². The molecule has 4 nitrogen and oxygen atoms in total. The molecule has 3 aromatic rings. The Balaban J connectivity index is 1.85. The molecule has 0 atom stereocenters. The predicted molar refractivity (Wildman–Crippen MR) is 113 cm³/mol. The van der Waals surface area contributed by atoms with Crippen molar-refractivity contribution in [2.24, 2.45) is 0 Å². The van der Waals surface area contributed by atoms with Gasteiger partial charge < -0.3 is 4.74 Å². The Bertz CT molecular complexity index is 1020. The molecular weight excluding hydrogens is 366 g/mol. The number of benzene rings is 2. The van der Waals surface area contributed by atoms with E-state index in [-0.39, 0.29) is 5.92 Å². The molecule has 5 heteroatoms. The van der Waals surface area contributed by atoms with E-state index >= 15 is 0 Å². The van der Waals surface area contributed by atoms with Gasteiger partial charge in [0.25, 0.3) is 0 Å². The quantitative estimate of drug-likeness (QED) is 0.372. The number of nitriles is 1. The third-order valence-electron chi connectivity index (χ3n) is 4.49. The lowest BCUT2D eigenvalue weighted by Crippen LogP contribution is -2.00. The number of aryl methyl sites for hydroxylation is 1. The summed E-state index contributed by atoms with van der Waals surface area (Å²) in [5.74, 6) is 2.33. The molecule has 0 radical (unpaired) electrons. The second-order valence-electron chi connectivity index (χ2n) is 6.97. The lowest BCUT2D eigenvalue weighted by atomic mass is 10.1. The summed E-state index contributed by atoms with van der Waals surface area (Å²) in [6, 6.07) is 17.7. The summed E-state index contributed by atoms with van der Waals surface area (Å²) < 4.78 is 6.10. The first kappa shape index (κ1) is 19.9. The maximum atomic E-state index is 9.07. The van der Waals surface area contributed by atoms with Gasteiger partial charge in [0.2, 0.25) is 5.88 Å². The minimum absolute atomic E-state index is 0.269. The number of rotatable bonds is 6. The van der Waals surface area contributed by atoms with Crippen molar-refractivity contribution in [2.45, 2.75) is 44.5 Å². The zero-order valence-electron chi connectivity index (χ0n) is 16.6. The first-order valence-corrected chi connectivity index (χ1v) is 10.2. The average molecular weight is 390 g/mol. The molecule has 28 heavy (non-hydrogen) atoms. The minimum atomic E-state index is 0.269. The summed E-state index contributed by atoms with van der Waals surface area (Å²) >= 11 is 1.54. The van der Waals surface area contributed by atoms with Crippen molar-refractivity contribution in [1.82, 2.24) is 9.97 Å². The Morgan fingerprint density at radius 1 is 1.07 bits per heavy atom. The zero-order chi connectivity index (χ0) is 20.1. The second kappa shape index (κ2) is 8.90. The van der Waals surface area contributed by atoms with E-state index in [1.54, 1.807) is 17.8 Å². The van der Waals surface area contributed by atoms with Gasteiger partial charge in [-0.15, -0.1) is 0 Å². The van der Waals surface area contributed by atoms with Gasteiger partial charge in [-0.1, -0.05) is 49.9 Å². The maximum Gasteiger partial charge on any atom is 0.223 e. The SMILES string of the molecule is Cc1cccc(Oc2cc(C(C)C)nc(SCc3cccc(C#N)c3)n2)c1C. The van der Waals surface area contributed by atoms with Crippen molar-refractivity contribution in [1.29, 1.82) is 5.26 Å². The van der Waals surface area contributed by atoms with Gasteiger partial charge in [0.05, 0.1) is 17.3 Å². The monoisotopic (exact) mass is 389 g/mol. The molecule has 0 aliphatic heterocycles. The van der Waals surface area contributed by atoms with Crippen molar-refractivity contribution in [2.75, 3.05) is 0 Å². The van der Waals surface area contributed by atoms with Crippen molar-refractivity contribution in [3.05, 3.63) is 76.5 Å². The highest BCUT2D eigenvalue weighted by molar-refractivity contribution is 7.98. The number of thioether (sulfide) groups is 1. The molecule has 1 heterocycles. The fourth-order valence-electron chi connectivity index (χ4n) is 2.66. The fourth-order valence-corrected chi connectivity index (χ4v) is 3.46. The predicted octanol–water partition coefficient (Wildman–Crippen LogP) is 6.17. The van der Waals surface area contributed by atoms with Crippen LogP contribution in [0.5, 0.6) is 11.6 Å². The average Bonchev–Trinajstić information content (AvgIpc) is 2.70. The number of ether oxygens (including phenoxy) is 1. The lowest BCUT2D eigenvalue weighted by molar-refractivity contribution is 0.449. The Morgan fingerprint density at radius 3 is 2.61 bits per heavy atom. The van der Waals surface area contributed by atoms with Crippen LogP contribution < -0.4 is 4.74 Å². The molecule has 142 valence electrons. The van der Waals surface area contributed by atoms with Gasteiger partial charge >= 0.3 is 0 Å². The van der Waals surface area contributed by atoms with Crippen LogP contribution in [0.2, 0.25) is 0 Å². The topological polar surface area (TPSA) is 58.8 Å². The van der Waals surface area contributed by atoms with Gasteiger partial charge in [-0.3, -0.25) is 0 Å². The van der Waals surface area contributed by atoms with Gasteiger partial charge in [-0.05, 0) is 54.7 Å². The molecule has 0 fully saturated rings. The van der Waals surface area contributed by atoms with Gasteiger partial charge in [0, 0.05) is 11.8 Å². The van der Waals surface area contributed by atoms with Gasteiger partial charge in [-0.25, -0.2) is 4.98 Å². The van der Waals surface area contributed by atoms with Gasteiger partial charge in [0.1, 0.15) is 5.75 Å². The van der Waals surface area contributed by atoms with Crippen LogP contribution in [0, 0.1) is 25.2 Å². The number of nitrogens with zero attached hydrogens (tertiary/aromatic N) is 3. The summed E-state index contributed by atoms with van der Waals surface area (Å²) in [7, 11) is 0. The molecule has 3 rings (SSSR count). The molecule has 0 saturated heterocycles. The van der Waals surface area contributed by atoms with Gasteiger partial charge in [0.15, 0.2) is 5.16 Å². The highest BCUT2D eigenvalue weighted by atomic mass is 32.2. The van der Waals surface area contributed by atoms with Crippen molar-refractivity contribution < 1.29 is 4.74 Å². The van der Waals surface area contributed by atoms with E-state index < -0.39 is 0 Å². The smallest absolute Gasteiger partial charge is 0.223 e. The Labute approximate surface area is 170 Å². The van der Waals surface area contributed by atoms with Crippen LogP contribution >= 0.6 is 11.8 Å². The Hall–Kier alpha value is -2.84. The maximum absolute atomic E-state index is 9.07.